The highest BCUT2D eigenvalue weighted by atomic mass is 79.9. The summed E-state index contributed by atoms with van der Waals surface area (Å²) in [6, 6.07) is 11.5. The van der Waals surface area contributed by atoms with Crippen LogP contribution in [0.1, 0.15) is 11.1 Å². The van der Waals surface area contributed by atoms with Crippen molar-refractivity contribution in [1.29, 1.82) is 0 Å². The predicted molar refractivity (Wildman–Crippen MR) is 89.6 cm³/mol. The molecule has 0 aliphatic carbocycles. The second-order valence-corrected chi connectivity index (χ2v) is 5.49. The molecule has 5 nitrogen and oxygen atoms in total. The molecule has 0 aromatic heterocycles. The van der Waals surface area contributed by atoms with Crippen LogP contribution in [0.25, 0.3) is 6.08 Å². The number of carbonyl (C=O) groups is 1. The van der Waals surface area contributed by atoms with E-state index < -0.39 is 4.92 Å². The van der Waals surface area contributed by atoms with Gasteiger partial charge < -0.3 is 5.32 Å². The number of nitro groups is 1. The van der Waals surface area contributed by atoms with Crippen LogP contribution in [0.5, 0.6) is 0 Å². The van der Waals surface area contributed by atoms with Gasteiger partial charge in [-0.05, 0) is 54.5 Å². The maximum absolute atomic E-state index is 11.8. The van der Waals surface area contributed by atoms with E-state index in [1.165, 1.54) is 18.2 Å². The average Bonchev–Trinajstić information content (AvgIpc) is 2.49. The molecule has 0 aliphatic rings. The van der Waals surface area contributed by atoms with Crippen molar-refractivity contribution in [2.45, 2.75) is 6.92 Å². The van der Waals surface area contributed by atoms with Gasteiger partial charge in [-0.25, -0.2) is 0 Å². The number of hydrogen-bond acceptors (Lipinski definition) is 3. The maximum atomic E-state index is 11.8. The van der Waals surface area contributed by atoms with E-state index in [0.29, 0.717) is 11.3 Å². The number of nitrogens with one attached hydrogen (secondary N) is 1. The largest absolute Gasteiger partial charge is 0.323 e. The van der Waals surface area contributed by atoms with Gasteiger partial charge in [0.25, 0.3) is 5.69 Å². The molecule has 0 aliphatic heterocycles. The van der Waals surface area contributed by atoms with Gasteiger partial charge in [-0.3, -0.25) is 14.9 Å². The van der Waals surface area contributed by atoms with Crippen LogP contribution in [-0.2, 0) is 4.79 Å². The molecular formula is C16H13BrN2O3. The smallest absolute Gasteiger partial charge is 0.269 e. The third kappa shape index (κ3) is 4.26. The molecular weight excluding hydrogens is 348 g/mol. The second-order valence-electron chi connectivity index (χ2n) is 4.64. The van der Waals surface area contributed by atoms with Crippen molar-refractivity contribution in [3.05, 3.63) is 74.3 Å². The number of nitrogens with zero attached hydrogens (tertiary/aromatic N) is 1. The summed E-state index contributed by atoms with van der Waals surface area (Å²) in [7, 11) is 0. The zero-order valence-electron chi connectivity index (χ0n) is 11.7. The molecule has 0 spiro atoms. The van der Waals surface area contributed by atoms with Crippen molar-refractivity contribution in [2.75, 3.05) is 5.32 Å². The van der Waals surface area contributed by atoms with Crippen LogP contribution in [0.15, 0.2) is 53.0 Å². The first-order chi connectivity index (χ1) is 10.5. The Kier molecular flexibility index (Phi) is 5.06. The summed E-state index contributed by atoms with van der Waals surface area (Å²) in [5, 5.41) is 13.3. The van der Waals surface area contributed by atoms with Gasteiger partial charge >= 0.3 is 0 Å². The minimum Gasteiger partial charge on any atom is -0.323 e. The van der Waals surface area contributed by atoms with Crippen LogP contribution < -0.4 is 5.32 Å². The fraction of sp³-hybridized carbons (Fsp3) is 0.0625. The Labute approximate surface area is 135 Å². The molecule has 2 rings (SSSR count). The molecule has 0 saturated heterocycles. The van der Waals surface area contributed by atoms with Crippen molar-refractivity contribution in [3.8, 4) is 0 Å². The van der Waals surface area contributed by atoms with E-state index in [4.69, 9.17) is 0 Å². The summed E-state index contributed by atoms with van der Waals surface area (Å²) in [4.78, 5) is 21.9. The fourth-order valence-corrected chi connectivity index (χ4v) is 2.03. The molecule has 0 fully saturated rings. The number of halogens is 1. The lowest BCUT2D eigenvalue weighted by Gasteiger charge is -2.04. The number of benzene rings is 2. The zero-order valence-corrected chi connectivity index (χ0v) is 13.3. The Hall–Kier alpha value is -2.47. The minimum absolute atomic E-state index is 0.0203. The van der Waals surface area contributed by atoms with Crippen LogP contribution in [-0.4, -0.2) is 10.8 Å². The van der Waals surface area contributed by atoms with Crippen molar-refractivity contribution < 1.29 is 9.72 Å². The maximum Gasteiger partial charge on any atom is 0.269 e. The number of carbonyl (C=O) groups excluding carboxylic acids is 1. The van der Waals surface area contributed by atoms with E-state index >= 15 is 0 Å². The molecule has 2 aromatic carbocycles. The Morgan fingerprint density at radius 1 is 1.23 bits per heavy atom. The number of aryl methyl sites for hydroxylation is 1. The van der Waals surface area contributed by atoms with Gasteiger partial charge in [0, 0.05) is 28.4 Å². The van der Waals surface area contributed by atoms with Gasteiger partial charge in [-0.1, -0.05) is 15.9 Å². The lowest BCUT2D eigenvalue weighted by atomic mass is 10.2. The molecule has 6 heteroatoms. The Morgan fingerprint density at radius 3 is 2.50 bits per heavy atom. The first kappa shape index (κ1) is 15.9. The van der Waals surface area contributed by atoms with Crippen molar-refractivity contribution in [2.24, 2.45) is 0 Å². The van der Waals surface area contributed by atoms with E-state index in [1.54, 1.807) is 24.3 Å². The van der Waals surface area contributed by atoms with E-state index in [2.05, 4.69) is 21.2 Å². The van der Waals surface area contributed by atoms with Gasteiger partial charge in [-0.15, -0.1) is 0 Å². The van der Waals surface area contributed by atoms with Gasteiger partial charge in [0.1, 0.15) is 0 Å². The quantitative estimate of drug-likeness (QED) is 0.501. The summed E-state index contributed by atoms with van der Waals surface area (Å²) < 4.78 is 0.979. The molecule has 0 saturated carbocycles. The summed E-state index contributed by atoms with van der Waals surface area (Å²) in [6.45, 7) is 1.94. The molecule has 0 atom stereocenters. The van der Waals surface area contributed by atoms with Crippen molar-refractivity contribution >= 4 is 39.3 Å². The molecule has 0 bridgehead atoms. The van der Waals surface area contributed by atoms with Gasteiger partial charge in [0.05, 0.1) is 4.92 Å². The third-order valence-corrected chi connectivity index (χ3v) is 3.85. The zero-order chi connectivity index (χ0) is 16.1. The van der Waals surface area contributed by atoms with Gasteiger partial charge in [-0.2, -0.15) is 0 Å². The summed E-state index contributed by atoms with van der Waals surface area (Å²) >= 11 is 3.40. The average molecular weight is 361 g/mol. The topological polar surface area (TPSA) is 72.2 Å². The first-order valence-electron chi connectivity index (χ1n) is 6.45. The van der Waals surface area contributed by atoms with Gasteiger partial charge in [0.15, 0.2) is 0 Å². The third-order valence-electron chi connectivity index (χ3n) is 2.96. The van der Waals surface area contributed by atoms with E-state index in [9.17, 15) is 14.9 Å². The molecule has 0 radical (unpaired) electrons. The van der Waals surface area contributed by atoms with Crippen LogP contribution in [0.2, 0.25) is 0 Å². The van der Waals surface area contributed by atoms with Crippen molar-refractivity contribution in [1.82, 2.24) is 0 Å². The highest BCUT2D eigenvalue weighted by Gasteiger charge is 2.03. The Morgan fingerprint density at radius 2 is 1.91 bits per heavy atom. The Balaban J connectivity index is 2.01. The number of nitro benzene ring substituents is 1. The molecule has 1 amide bonds. The van der Waals surface area contributed by atoms with Crippen LogP contribution in [0.3, 0.4) is 0 Å². The molecule has 0 heterocycles. The van der Waals surface area contributed by atoms with Crippen molar-refractivity contribution in [3.63, 3.8) is 0 Å². The highest BCUT2D eigenvalue weighted by molar-refractivity contribution is 9.10. The van der Waals surface area contributed by atoms with E-state index in [0.717, 1.165) is 10.0 Å². The predicted octanol–water partition coefficient (Wildman–Crippen LogP) is 4.32. The van der Waals surface area contributed by atoms with Crippen LogP contribution >= 0.6 is 15.9 Å². The second kappa shape index (κ2) is 7.00. The van der Waals surface area contributed by atoms with Crippen LogP contribution in [0, 0.1) is 17.0 Å². The number of anilines is 1. The number of rotatable bonds is 4. The Bertz CT molecular complexity index is 740. The fourth-order valence-electron chi connectivity index (χ4n) is 1.79. The molecule has 0 unspecified atom stereocenters. The lowest BCUT2D eigenvalue weighted by Crippen LogP contribution is -2.07. The standard InChI is InChI=1S/C16H13BrN2O3/c1-11-10-13(5-8-15(11)17)18-16(20)9-4-12-2-6-14(7-3-12)19(21)22/h2-10H,1H3,(H,18,20). The molecule has 112 valence electrons. The summed E-state index contributed by atoms with van der Waals surface area (Å²) in [5.74, 6) is -0.264. The lowest BCUT2D eigenvalue weighted by molar-refractivity contribution is -0.384. The monoisotopic (exact) mass is 360 g/mol. The summed E-state index contributed by atoms with van der Waals surface area (Å²) in [6.07, 6.45) is 2.99. The number of hydrogen-bond donors (Lipinski definition) is 1. The molecule has 1 N–H and O–H groups in total. The normalized spacial score (nSPS) is 10.6. The van der Waals surface area contributed by atoms with E-state index in [-0.39, 0.29) is 11.6 Å². The van der Waals surface area contributed by atoms with Crippen LogP contribution in [0.4, 0.5) is 11.4 Å². The SMILES string of the molecule is Cc1cc(NC(=O)C=Cc2ccc([N+](=O)[O-])cc2)ccc1Br. The summed E-state index contributed by atoms with van der Waals surface area (Å²) in [5.41, 5.74) is 2.47. The van der Waals surface area contributed by atoms with E-state index in [1.807, 2.05) is 19.1 Å². The highest BCUT2D eigenvalue weighted by Crippen LogP contribution is 2.20. The molecule has 22 heavy (non-hydrogen) atoms. The first-order valence-corrected chi connectivity index (χ1v) is 7.24. The molecule has 2 aromatic rings. The number of amides is 1. The number of non-ortho nitro benzene ring substituents is 1. The minimum atomic E-state index is -0.462. The van der Waals surface area contributed by atoms with Gasteiger partial charge in [0.2, 0.25) is 5.91 Å².